The first-order valence-electron chi connectivity index (χ1n) is 9.23. The van der Waals surface area contributed by atoms with Crippen LogP contribution in [0, 0.1) is 18.6 Å². The van der Waals surface area contributed by atoms with Crippen molar-refractivity contribution in [2.24, 2.45) is 7.05 Å². The Bertz CT molecular complexity index is 1280. The van der Waals surface area contributed by atoms with Gasteiger partial charge in [0.2, 0.25) is 0 Å². The first kappa shape index (κ1) is 22.5. The third-order valence-corrected chi connectivity index (χ3v) is 6.52. The molecule has 11 heteroatoms. The fourth-order valence-corrected chi connectivity index (χ4v) is 3.46. The fourth-order valence-electron chi connectivity index (χ4n) is 2.64. The second kappa shape index (κ2) is 8.50. The van der Waals surface area contributed by atoms with Crippen molar-refractivity contribution in [2.75, 3.05) is 0 Å². The maximum Gasteiger partial charge on any atom is 0.325 e. The van der Waals surface area contributed by atoms with E-state index >= 15 is 0 Å². The normalized spacial score (nSPS) is 11.7. The van der Waals surface area contributed by atoms with Gasteiger partial charge in [-0.05, 0) is 39.0 Å². The van der Waals surface area contributed by atoms with E-state index in [1.165, 1.54) is 24.6 Å². The van der Waals surface area contributed by atoms with Crippen LogP contribution < -0.4 is 10.3 Å². The molecule has 0 aliphatic rings. The molecular weight excluding hydrogens is 430 g/mol. The van der Waals surface area contributed by atoms with Gasteiger partial charge >= 0.3 is 6.01 Å². The minimum atomic E-state index is -3.56. The van der Waals surface area contributed by atoms with E-state index in [0.717, 1.165) is 12.1 Å². The molecule has 0 aliphatic heterocycles. The molecule has 0 bridgehead atoms. The van der Waals surface area contributed by atoms with E-state index in [9.17, 15) is 22.0 Å². The zero-order valence-corrected chi connectivity index (χ0v) is 18.1. The molecule has 0 radical (unpaired) electrons. The summed E-state index contributed by atoms with van der Waals surface area (Å²) < 4.78 is 58.6. The number of halogens is 2. The van der Waals surface area contributed by atoms with Crippen LogP contribution in [-0.2, 0) is 22.6 Å². The van der Waals surface area contributed by atoms with E-state index in [4.69, 9.17) is 4.74 Å². The molecule has 0 amide bonds. The van der Waals surface area contributed by atoms with E-state index in [0.29, 0.717) is 17.2 Å². The number of ether oxygens (including phenoxy) is 1. The molecule has 31 heavy (non-hydrogen) atoms. The molecule has 2 aromatic heterocycles. The van der Waals surface area contributed by atoms with Gasteiger partial charge in [0.1, 0.15) is 11.6 Å². The molecule has 0 aliphatic carbocycles. The molecule has 0 atom stereocenters. The van der Waals surface area contributed by atoms with Crippen LogP contribution in [0.25, 0.3) is 11.4 Å². The zero-order valence-electron chi connectivity index (χ0n) is 17.3. The molecule has 3 aromatic rings. The average Bonchev–Trinajstić information content (AvgIpc) is 2.67. The third kappa shape index (κ3) is 5.10. The van der Waals surface area contributed by atoms with Crippen molar-refractivity contribution in [3.05, 3.63) is 63.8 Å². The van der Waals surface area contributed by atoms with Gasteiger partial charge in [-0.3, -0.25) is 4.79 Å². The van der Waals surface area contributed by atoms with Crippen LogP contribution in [0.5, 0.6) is 11.8 Å². The number of aromatic nitrogens is 4. The number of aryl methyl sites for hydroxylation is 2. The molecule has 0 unspecified atom stereocenters. The third-order valence-electron chi connectivity index (χ3n) is 4.43. The second-order valence-electron chi connectivity index (χ2n) is 7.22. The van der Waals surface area contributed by atoms with E-state index in [1.807, 2.05) is 0 Å². The predicted octanol–water partition coefficient (Wildman–Crippen LogP) is 2.94. The van der Waals surface area contributed by atoms with E-state index in [2.05, 4.69) is 15.0 Å². The average molecular weight is 450 g/mol. The number of hydrogen-bond acceptors (Lipinski definition) is 7. The van der Waals surface area contributed by atoms with Crippen molar-refractivity contribution in [1.82, 2.24) is 19.5 Å². The number of rotatable bonds is 6. The largest absolute Gasteiger partial charge is 0.421 e. The highest BCUT2D eigenvalue weighted by Crippen LogP contribution is 2.25. The van der Waals surface area contributed by atoms with Crippen molar-refractivity contribution in [1.29, 1.82) is 0 Å². The SMILES string of the molecule is Cc1cc(-c2nc(CS(=O)(=O)C(C)C)nc(Oc3ccc(F)cc3F)n2)cn(C)c1=O. The molecule has 0 fully saturated rings. The minimum Gasteiger partial charge on any atom is -0.421 e. The molecule has 0 saturated carbocycles. The van der Waals surface area contributed by atoms with Gasteiger partial charge in [0.15, 0.2) is 33.1 Å². The van der Waals surface area contributed by atoms with Crippen molar-refractivity contribution in [3.8, 4) is 23.1 Å². The van der Waals surface area contributed by atoms with Crippen molar-refractivity contribution < 1.29 is 21.9 Å². The maximum absolute atomic E-state index is 14.0. The molecule has 3 rings (SSSR count). The summed E-state index contributed by atoms with van der Waals surface area (Å²) in [4.78, 5) is 24.3. The summed E-state index contributed by atoms with van der Waals surface area (Å²) in [6.07, 6.45) is 1.48. The van der Waals surface area contributed by atoms with Crippen molar-refractivity contribution >= 4 is 9.84 Å². The Morgan fingerprint density at radius 3 is 2.45 bits per heavy atom. The number of nitrogens with zero attached hydrogens (tertiary/aromatic N) is 4. The fraction of sp³-hybridized carbons (Fsp3) is 0.300. The molecule has 2 heterocycles. The minimum absolute atomic E-state index is 0.0418. The summed E-state index contributed by atoms with van der Waals surface area (Å²) in [5.74, 6) is -2.66. The summed E-state index contributed by atoms with van der Waals surface area (Å²) in [6.45, 7) is 4.67. The molecule has 0 N–H and O–H groups in total. The zero-order chi connectivity index (χ0) is 22.9. The number of benzene rings is 1. The molecule has 0 saturated heterocycles. The van der Waals surface area contributed by atoms with Crippen molar-refractivity contribution in [2.45, 2.75) is 31.8 Å². The highest BCUT2D eigenvalue weighted by atomic mass is 32.2. The van der Waals surface area contributed by atoms with E-state index in [-0.39, 0.29) is 29.0 Å². The molecule has 1 aromatic carbocycles. The highest BCUT2D eigenvalue weighted by Gasteiger charge is 2.21. The van der Waals surface area contributed by atoms with Crippen LogP contribution in [0.15, 0.2) is 35.3 Å². The highest BCUT2D eigenvalue weighted by molar-refractivity contribution is 7.91. The Morgan fingerprint density at radius 1 is 1.13 bits per heavy atom. The van der Waals surface area contributed by atoms with Crippen LogP contribution >= 0.6 is 0 Å². The molecule has 164 valence electrons. The van der Waals surface area contributed by atoms with Gasteiger partial charge in [-0.2, -0.15) is 9.97 Å². The lowest BCUT2D eigenvalue weighted by Gasteiger charge is -2.11. The summed E-state index contributed by atoms with van der Waals surface area (Å²) in [7, 11) is -2.01. The number of pyridine rings is 1. The molecule has 8 nitrogen and oxygen atoms in total. The Morgan fingerprint density at radius 2 is 1.84 bits per heavy atom. The summed E-state index contributed by atoms with van der Waals surface area (Å²) in [6, 6.07) is 3.88. The number of sulfone groups is 1. The van der Waals surface area contributed by atoms with Crippen LogP contribution in [0.3, 0.4) is 0 Å². The lowest BCUT2D eigenvalue weighted by molar-refractivity contribution is 0.405. The maximum atomic E-state index is 14.0. The van der Waals surface area contributed by atoms with Gasteiger partial charge in [-0.15, -0.1) is 0 Å². The Labute approximate surface area is 177 Å². The van der Waals surface area contributed by atoms with E-state index < -0.39 is 32.5 Å². The van der Waals surface area contributed by atoms with E-state index in [1.54, 1.807) is 20.0 Å². The lowest BCUT2D eigenvalue weighted by Crippen LogP contribution is -2.20. The van der Waals surface area contributed by atoms with Gasteiger partial charge in [-0.25, -0.2) is 22.2 Å². The van der Waals surface area contributed by atoms with Gasteiger partial charge in [-0.1, -0.05) is 0 Å². The van der Waals surface area contributed by atoms with Gasteiger partial charge < -0.3 is 9.30 Å². The topological polar surface area (TPSA) is 104 Å². The quantitative estimate of drug-likeness (QED) is 0.569. The smallest absolute Gasteiger partial charge is 0.325 e. The predicted molar refractivity (Wildman–Crippen MR) is 109 cm³/mol. The van der Waals surface area contributed by atoms with Crippen LogP contribution in [0.2, 0.25) is 0 Å². The molecule has 0 spiro atoms. The monoisotopic (exact) mass is 450 g/mol. The van der Waals surface area contributed by atoms with Gasteiger partial charge in [0, 0.05) is 30.4 Å². The van der Waals surface area contributed by atoms with Gasteiger partial charge in [0.05, 0.1) is 5.25 Å². The Kier molecular flexibility index (Phi) is 6.16. The Hall–Kier alpha value is -3.21. The summed E-state index contributed by atoms with van der Waals surface area (Å²) in [5, 5.41) is -0.675. The summed E-state index contributed by atoms with van der Waals surface area (Å²) in [5.41, 5.74) is 0.615. The lowest BCUT2D eigenvalue weighted by atomic mass is 10.2. The first-order valence-corrected chi connectivity index (χ1v) is 10.9. The Balaban J connectivity index is 2.13. The number of hydrogen-bond donors (Lipinski definition) is 0. The van der Waals surface area contributed by atoms with Crippen molar-refractivity contribution in [3.63, 3.8) is 0 Å². The van der Waals surface area contributed by atoms with Gasteiger partial charge in [0.25, 0.3) is 5.56 Å². The standard InChI is InChI=1S/C20H20F2N4O4S/c1-11(2)31(28,29)10-17-23-18(13-7-12(3)19(27)26(4)9-13)25-20(24-17)30-16-6-5-14(21)8-15(16)22/h5-9,11H,10H2,1-4H3. The summed E-state index contributed by atoms with van der Waals surface area (Å²) >= 11 is 0. The second-order valence-corrected chi connectivity index (χ2v) is 9.78. The molecular formula is C20H20F2N4O4S. The first-order chi connectivity index (χ1) is 14.5. The van der Waals surface area contributed by atoms with Crippen LogP contribution in [0.1, 0.15) is 25.2 Å². The van der Waals surface area contributed by atoms with Crippen LogP contribution in [-0.4, -0.2) is 33.2 Å². The van der Waals surface area contributed by atoms with Crippen LogP contribution in [0.4, 0.5) is 8.78 Å².